The molecule has 3 aromatic carbocycles. The summed E-state index contributed by atoms with van der Waals surface area (Å²) >= 11 is 12.0. The lowest BCUT2D eigenvalue weighted by Gasteiger charge is -2.10. The number of hydrogen-bond acceptors (Lipinski definition) is 7. The summed E-state index contributed by atoms with van der Waals surface area (Å²) in [5.74, 6) is 1.49. The molecule has 37 heavy (non-hydrogen) atoms. The molecule has 1 aromatic heterocycles. The van der Waals surface area contributed by atoms with Gasteiger partial charge in [0.1, 0.15) is 35.4 Å². The number of hydrogen-bond donors (Lipinski definition) is 1. The number of nitrogens with zero attached hydrogens (tertiary/aromatic N) is 1. The van der Waals surface area contributed by atoms with Gasteiger partial charge in [-0.25, -0.2) is 0 Å². The largest absolute Gasteiger partial charge is 0.494 e. The predicted octanol–water partition coefficient (Wildman–Crippen LogP) is 7.52. The number of anilines is 1. The van der Waals surface area contributed by atoms with Crippen LogP contribution in [0.4, 0.5) is 11.4 Å². The summed E-state index contributed by atoms with van der Waals surface area (Å²) in [5.41, 5.74) is -0.162. The summed E-state index contributed by atoms with van der Waals surface area (Å²) in [6.07, 6.45) is 0. The van der Waals surface area contributed by atoms with Crippen molar-refractivity contribution in [2.24, 2.45) is 0 Å². The predicted molar refractivity (Wildman–Crippen MR) is 138 cm³/mol. The van der Waals surface area contributed by atoms with Crippen LogP contribution >= 0.6 is 23.2 Å². The number of benzene rings is 3. The highest BCUT2D eigenvalue weighted by Crippen LogP contribution is 2.34. The van der Waals surface area contributed by atoms with Gasteiger partial charge in [-0.05, 0) is 61.5 Å². The van der Waals surface area contributed by atoms with E-state index in [9.17, 15) is 14.9 Å². The van der Waals surface area contributed by atoms with E-state index < -0.39 is 10.8 Å². The fourth-order valence-corrected chi connectivity index (χ4v) is 3.68. The molecule has 0 saturated heterocycles. The Labute approximate surface area is 221 Å². The second-order valence-corrected chi connectivity index (χ2v) is 8.41. The van der Waals surface area contributed by atoms with E-state index in [0.717, 1.165) is 5.75 Å². The van der Waals surface area contributed by atoms with Gasteiger partial charge >= 0.3 is 0 Å². The molecule has 1 N–H and O–H groups in total. The number of non-ortho nitro benzene ring substituents is 1. The van der Waals surface area contributed by atoms with Crippen molar-refractivity contribution in [2.75, 3.05) is 11.9 Å². The molecule has 0 spiro atoms. The number of rotatable bonds is 10. The lowest BCUT2D eigenvalue weighted by atomic mass is 10.2. The number of amides is 1. The van der Waals surface area contributed by atoms with Crippen molar-refractivity contribution < 1.29 is 28.3 Å². The SMILES string of the molecule is CCOc1ccc(OCc2ccc(C(=O)Nc3cc(Oc4ccc(Cl)cc4Cl)cc([N+](=O)[O-])c3)o2)cc1. The van der Waals surface area contributed by atoms with E-state index in [1.807, 2.05) is 6.92 Å². The van der Waals surface area contributed by atoms with Gasteiger partial charge in [0.25, 0.3) is 11.6 Å². The minimum atomic E-state index is -0.608. The normalized spacial score (nSPS) is 10.6. The average Bonchev–Trinajstić information content (AvgIpc) is 3.35. The highest BCUT2D eigenvalue weighted by molar-refractivity contribution is 6.35. The number of carbonyl (C=O) groups excluding carboxylic acids is 1. The van der Waals surface area contributed by atoms with Gasteiger partial charge in [-0.1, -0.05) is 23.2 Å². The molecule has 190 valence electrons. The van der Waals surface area contributed by atoms with Crippen molar-refractivity contribution in [1.82, 2.24) is 0 Å². The Hall–Kier alpha value is -4.21. The molecule has 4 aromatic rings. The smallest absolute Gasteiger partial charge is 0.291 e. The molecular weight excluding hydrogens is 523 g/mol. The van der Waals surface area contributed by atoms with Gasteiger partial charge in [0.2, 0.25) is 0 Å². The van der Waals surface area contributed by atoms with E-state index in [4.69, 9.17) is 41.8 Å². The number of nitro groups is 1. The molecule has 0 aliphatic carbocycles. The number of nitrogens with one attached hydrogen (secondary N) is 1. The van der Waals surface area contributed by atoms with Crippen LogP contribution in [0.2, 0.25) is 10.0 Å². The minimum Gasteiger partial charge on any atom is -0.494 e. The first-order chi connectivity index (χ1) is 17.8. The van der Waals surface area contributed by atoms with Crippen molar-refractivity contribution in [2.45, 2.75) is 13.5 Å². The molecule has 0 bridgehead atoms. The lowest BCUT2D eigenvalue weighted by Crippen LogP contribution is -2.11. The Bertz CT molecular complexity index is 1420. The van der Waals surface area contributed by atoms with Crippen LogP contribution in [0.25, 0.3) is 0 Å². The monoisotopic (exact) mass is 542 g/mol. The van der Waals surface area contributed by atoms with E-state index in [-0.39, 0.29) is 40.3 Å². The molecule has 4 rings (SSSR count). The lowest BCUT2D eigenvalue weighted by molar-refractivity contribution is -0.384. The third kappa shape index (κ3) is 6.93. The molecular formula is C26H20Cl2N2O7. The maximum Gasteiger partial charge on any atom is 0.291 e. The van der Waals surface area contributed by atoms with Crippen molar-refractivity contribution in [3.63, 3.8) is 0 Å². The van der Waals surface area contributed by atoms with Crippen molar-refractivity contribution >= 4 is 40.5 Å². The van der Waals surface area contributed by atoms with Crippen LogP contribution in [0.1, 0.15) is 23.2 Å². The number of nitro benzene ring substituents is 1. The highest BCUT2D eigenvalue weighted by Gasteiger charge is 2.17. The van der Waals surface area contributed by atoms with E-state index in [2.05, 4.69) is 5.32 Å². The molecule has 1 amide bonds. The van der Waals surface area contributed by atoms with Gasteiger partial charge in [-0.3, -0.25) is 14.9 Å². The van der Waals surface area contributed by atoms with Gasteiger partial charge in [-0.2, -0.15) is 0 Å². The summed E-state index contributed by atoms with van der Waals surface area (Å²) in [6, 6.07) is 18.6. The van der Waals surface area contributed by atoms with Gasteiger partial charge in [0.05, 0.1) is 28.3 Å². The summed E-state index contributed by atoms with van der Waals surface area (Å²) in [6.45, 7) is 2.56. The first kappa shape index (κ1) is 25.9. The van der Waals surface area contributed by atoms with Crippen molar-refractivity contribution in [1.29, 1.82) is 0 Å². The Morgan fingerprint density at radius 3 is 2.35 bits per heavy atom. The summed E-state index contributed by atoms with van der Waals surface area (Å²) in [7, 11) is 0. The van der Waals surface area contributed by atoms with Crippen molar-refractivity contribution in [3.8, 4) is 23.0 Å². The zero-order valence-corrected chi connectivity index (χ0v) is 20.9. The van der Waals surface area contributed by atoms with Crippen LogP contribution in [-0.4, -0.2) is 17.4 Å². The van der Waals surface area contributed by atoms with E-state index in [1.54, 1.807) is 36.4 Å². The van der Waals surface area contributed by atoms with Crippen LogP contribution in [0.15, 0.2) is 77.2 Å². The number of furan rings is 1. The molecule has 11 heteroatoms. The maximum absolute atomic E-state index is 12.7. The minimum absolute atomic E-state index is 0.0000129. The fourth-order valence-electron chi connectivity index (χ4n) is 3.23. The molecule has 0 aliphatic heterocycles. The number of halogens is 2. The molecule has 9 nitrogen and oxygen atoms in total. The van der Waals surface area contributed by atoms with Gasteiger partial charge in [-0.15, -0.1) is 0 Å². The third-order valence-electron chi connectivity index (χ3n) is 4.88. The van der Waals surface area contributed by atoms with Crippen molar-refractivity contribution in [3.05, 3.63) is 104 Å². The first-order valence-electron chi connectivity index (χ1n) is 11.0. The van der Waals surface area contributed by atoms with Crippen LogP contribution in [0, 0.1) is 10.1 Å². The summed E-state index contributed by atoms with van der Waals surface area (Å²) < 4.78 is 22.3. The summed E-state index contributed by atoms with van der Waals surface area (Å²) in [5, 5.41) is 14.6. The fraction of sp³-hybridized carbons (Fsp3) is 0.115. The van der Waals surface area contributed by atoms with Gasteiger partial charge in [0, 0.05) is 17.2 Å². The Kier molecular flexibility index (Phi) is 8.17. The molecule has 0 saturated carbocycles. The molecule has 0 atom stereocenters. The zero-order chi connectivity index (χ0) is 26.4. The number of ether oxygens (including phenoxy) is 3. The topological polar surface area (TPSA) is 113 Å². The molecule has 0 radical (unpaired) electrons. The van der Waals surface area contributed by atoms with Crippen LogP contribution in [0.5, 0.6) is 23.0 Å². The average molecular weight is 543 g/mol. The Balaban J connectivity index is 1.43. The van der Waals surface area contributed by atoms with Crippen LogP contribution in [-0.2, 0) is 6.61 Å². The van der Waals surface area contributed by atoms with E-state index in [0.29, 0.717) is 23.1 Å². The second-order valence-electron chi connectivity index (χ2n) is 7.56. The third-order valence-corrected chi connectivity index (χ3v) is 5.41. The van der Waals surface area contributed by atoms with Gasteiger partial charge < -0.3 is 23.9 Å². The van der Waals surface area contributed by atoms with E-state index in [1.165, 1.54) is 36.4 Å². The first-order valence-corrected chi connectivity index (χ1v) is 11.7. The Morgan fingerprint density at radius 2 is 1.68 bits per heavy atom. The zero-order valence-electron chi connectivity index (χ0n) is 19.4. The number of carbonyl (C=O) groups is 1. The quantitative estimate of drug-likeness (QED) is 0.163. The molecule has 0 unspecified atom stereocenters. The van der Waals surface area contributed by atoms with Crippen LogP contribution < -0.4 is 19.5 Å². The molecule has 0 fully saturated rings. The standard InChI is InChI=1S/C26H20Cl2N2O7/c1-2-34-19-4-6-20(7-5-19)35-15-21-8-10-25(36-21)26(31)29-17-12-18(30(32)33)14-22(13-17)37-24-9-3-16(27)11-23(24)28/h3-14H,2,15H2,1H3,(H,29,31). The highest BCUT2D eigenvalue weighted by atomic mass is 35.5. The summed E-state index contributed by atoms with van der Waals surface area (Å²) in [4.78, 5) is 23.6. The van der Waals surface area contributed by atoms with Crippen LogP contribution in [0.3, 0.4) is 0 Å². The Morgan fingerprint density at radius 1 is 0.946 bits per heavy atom. The van der Waals surface area contributed by atoms with E-state index >= 15 is 0 Å². The molecule has 0 aliphatic rings. The molecule has 1 heterocycles. The maximum atomic E-state index is 12.7. The van der Waals surface area contributed by atoms with Gasteiger partial charge in [0.15, 0.2) is 5.76 Å². The second kappa shape index (κ2) is 11.7.